The fourth-order valence-electron chi connectivity index (χ4n) is 1.82. The lowest BCUT2D eigenvalue weighted by Crippen LogP contribution is -2.22. The molecule has 0 aliphatic heterocycles. The van der Waals surface area contributed by atoms with Gasteiger partial charge in [-0.3, -0.25) is 4.79 Å². The van der Waals surface area contributed by atoms with E-state index in [0.29, 0.717) is 30.7 Å². The second kappa shape index (κ2) is 6.43. The quantitative estimate of drug-likeness (QED) is 0.740. The summed E-state index contributed by atoms with van der Waals surface area (Å²) in [6, 6.07) is 6.33. The van der Waals surface area contributed by atoms with Crippen LogP contribution in [0.2, 0.25) is 0 Å². The van der Waals surface area contributed by atoms with Crippen LogP contribution in [0.3, 0.4) is 0 Å². The molecular formula is C14H20N2O3. The minimum Gasteiger partial charge on any atom is -0.490 e. The summed E-state index contributed by atoms with van der Waals surface area (Å²) in [6.07, 6.45) is 2.45. The maximum Gasteiger partial charge on any atom is 0.255 e. The number of nitrogens with two attached hydrogens (primary N) is 1. The van der Waals surface area contributed by atoms with Gasteiger partial charge in [0.25, 0.3) is 5.91 Å². The molecule has 0 heterocycles. The summed E-state index contributed by atoms with van der Waals surface area (Å²) in [5, 5.41) is 3.42. The SMILES string of the molecule is CCOc1cccc(CNC2CC2)c1OCC(N)=O. The largest absolute Gasteiger partial charge is 0.490 e. The smallest absolute Gasteiger partial charge is 0.255 e. The van der Waals surface area contributed by atoms with Crippen molar-refractivity contribution in [1.82, 2.24) is 5.32 Å². The summed E-state index contributed by atoms with van der Waals surface area (Å²) in [7, 11) is 0. The molecule has 1 aromatic carbocycles. The topological polar surface area (TPSA) is 73.6 Å². The molecule has 0 saturated heterocycles. The first-order valence-electron chi connectivity index (χ1n) is 6.60. The minimum absolute atomic E-state index is 0.138. The maximum atomic E-state index is 10.9. The van der Waals surface area contributed by atoms with E-state index in [1.165, 1.54) is 12.8 Å². The molecule has 3 N–H and O–H groups in total. The van der Waals surface area contributed by atoms with Crippen molar-refractivity contribution in [3.05, 3.63) is 23.8 Å². The molecule has 1 aliphatic rings. The number of rotatable bonds is 8. The molecule has 1 fully saturated rings. The Balaban J connectivity index is 2.12. The number of carbonyl (C=O) groups excluding carboxylic acids is 1. The molecule has 1 aromatic rings. The van der Waals surface area contributed by atoms with Crippen molar-refractivity contribution in [1.29, 1.82) is 0 Å². The van der Waals surface area contributed by atoms with Gasteiger partial charge in [0.1, 0.15) is 0 Å². The number of amides is 1. The van der Waals surface area contributed by atoms with Crippen LogP contribution in [0.4, 0.5) is 0 Å². The van der Waals surface area contributed by atoms with Crippen LogP contribution in [0.25, 0.3) is 0 Å². The number of primary amides is 1. The molecule has 0 bridgehead atoms. The zero-order valence-electron chi connectivity index (χ0n) is 11.1. The Hall–Kier alpha value is -1.75. The van der Waals surface area contributed by atoms with Crippen LogP contribution in [0, 0.1) is 0 Å². The molecule has 1 aliphatic carbocycles. The average Bonchev–Trinajstić information content (AvgIpc) is 3.19. The molecule has 104 valence electrons. The predicted molar refractivity (Wildman–Crippen MR) is 72.2 cm³/mol. The third-order valence-electron chi connectivity index (χ3n) is 2.88. The predicted octanol–water partition coefficient (Wildman–Crippen LogP) is 1.20. The molecule has 0 unspecified atom stereocenters. The highest BCUT2D eigenvalue weighted by atomic mass is 16.5. The van der Waals surface area contributed by atoms with Crippen molar-refractivity contribution in [3.63, 3.8) is 0 Å². The van der Waals surface area contributed by atoms with Gasteiger partial charge in [0.05, 0.1) is 6.61 Å². The van der Waals surface area contributed by atoms with E-state index in [1.807, 2.05) is 25.1 Å². The fourth-order valence-corrected chi connectivity index (χ4v) is 1.82. The molecule has 0 aromatic heterocycles. The highest BCUT2D eigenvalue weighted by Crippen LogP contribution is 2.32. The number of ether oxygens (including phenoxy) is 2. The van der Waals surface area contributed by atoms with E-state index in [0.717, 1.165) is 5.56 Å². The molecule has 5 heteroatoms. The molecule has 1 saturated carbocycles. The minimum atomic E-state index is -0.493. The molecular weight excluding hydrogens is 244 g/mol. The van der Waals surface area contributed by atoms with Gasteiger partial charge in [0.2, 0.25) is 0 Å². The van der Waals surface area contributed by atoms with Crippen LogP contribution in [0.1, 0.15) is 25.3 Å². The maximum absolute atomic E-state index is 10.9. The van der Waals surface area contributed by atoms with Crippen molar-refractivity contribution in [2.24, 2.45) is 5.73 Å². The summed E-state index contributed by atoms with van der Waals surface area (Å²) in [6.45, 7) is 3.03. The summed E-state index contributed by atoms with van der Waals surface area (Å²) < 4.78 is 11.0. The third-order valence-corrected chi connectivity index (χ3v) is 2.88. The Morgan fingerprint density at radius 3 is 2.84 bits per heavy atom. The number of benzene rings is 1. The Bertz CT molecular complexity index is 444. The van der Waals surface area contributed by atoms with Gasteiger partial charge in [-0.05, 0) is 25.8 Å². The zero-order chi connectivity index (χ0) is 13.7. The number of hydrogen-bond acceptors (Lipinski definition) is 4. The van der Waals surface area contributed by atoms with Crippen LogP contribution in [0.15, 0.2) is 18.2 Å². The van der Waals surface area contributed by atoms with Crippen LogP contribution < -0.4 is 20.5 Å². The number of hydrogen-bond donors (Lipinski definition) is 2. The number of carbonyl (C=O) groups is 1. The Morgan fingerprint density at radius 2 is 2.21 bits per heavy atom. The summed E-state index contributed by atoms with van der Waals surface area (Å²) in [5.74, 6) is 0.766. The van der Waals surface area contributed by atoms with Crippen molar-refractivity contribution in [2.75, 3.05) is 13.2 Å². The van der Waals surface area contributed by atoms with Crippen LogP contribution in [-0.4, -0.2) is 25.2 Å². The van der Waals surface area contributed by atoms with E-state index in [2.05, 4.69) is 5.32 Å². The first-order valence-corrected chi connectivity index (χ1v) is 6.60. The highest BCUT2D eigenvalue weighted by Gasteiger charge is 2.21. The Kier molecular flexibility index (Phi) is 4.63. The number of nitrogens with one attached hydrogen (secondary N) is 1. The van der Waals surface area contributed by atoms with Crippen LogP contribution in [-0.2, 0) is 11.3 Å². The van der Waals surface area contributed by atoms with Gasteiger partial charge < -0.3 is 20.5 Å². The first kappa shape index (κ1) is 13.7. The third kappa shape index (κ3) is 4.13. The molecule has 0 radical (unpaired) electrons. The number of para-hydroxylation sites is 1. The summed E-state index contributed by atoms with van der Waals surface area (Å²) in [4.78, 5) is 10.9. The van der Waals surface area contributed by atoms with Gasteiger partial charge in [-0.25, -0.2) is 0 Å². The van der Waals surface area contributed by atoms with E-state index < -0.39 is 5.91 Å². The monoisotopic (exact) mass is 264 g/mol. The second-order valence-corrected chi connectivity index (χ2v) is 4.59. The van der Waals surface area contributed by atoms with Crippen molar-refractivity contribution >= 4 is 5.91 Å². The molecule has 1 amide bonds. The van der Waals surface area contributed by atoms with E-state index >= 15 is 0 Å². The average molecular weight is 264 g/mol. The second-order valence-electron chi connectivity index (χ2n) is 4.59. The van der Waals surface area contributed by atoms with Crippen molar-refractivity contribution in [2.45, 2.75) is 32.4 Å². The van der Waals surface area contributed by atoms with Crippen molar-refractivity contribution in [3.8, 4) is 11.5 Å². The normalized spacial score (nSPS) is 14.2. The van der Waals surface area contributed by atoms with Gasteiger partial charge in [-0.2, -0.15) is 0 Å². The Morgan fingerprint density at radius 1 is 1.42 bits per heavy atom. The van der Waals surface area contributed by atoms with Crippen LogP contribution >= 0.6 is 0 Å². The van der Waals surface area contributed by atoms with E-state index in [4.69, 9.17) is 15.2 Å². The lowest BCUT2D eigenvalue weighted by Gasteiger charge is -2.15. The van der Waals surface area contributed by atoms with Gasteiger partial charge >= 0.3 is 0 Å². The fraction of sp³-hybridized carbons (Fsp3) is 0.500. The standard InChI is InChI=1S/C14H20N2O3/c1-2-18-12-5-3-4-10(8-16-11-6-7-11)14(12)19-9-13(15)17/h3-5,11,16H,2,6-9H2,1H3,(H2,15,17). The molecule has 19 heavy (non-hydrogen) atoms. The van der Waals surface area contributed by atoms with Gasteiger partial charge in [0.15, 0.2) is 18.1 Å². The molecule has 2 rings (SSSR count). The van der Waals surface area contributed by atoms with E-state index in [1.54, 1.807) is 0 Å². The van der Waals surface area contributed by atoms with Crippen LogP contribution in [0.5, 0.6) is 11.5 Å². The van der Waals surface area contributed by atoms with E-state index in [9.17, 15) is 4.79 Å². The van der Waals surface area contributed by atoms with Gasteiger partial charge in [0, 0.05) is 18.2 Å². The van der Waals surface area contributed by atoms with E-state index in [-0.39, 0.29) is 6.61 Å². The highest BCUT2D eigenvalue weighted by molar-refractivity contribution is 5.75. The first-order chi connectivity index (χ1) is 9.20. The lowest BCUT2D eigenvalue weighted by molar-refractivity contribution is -0.119. The molecule has 0 atom stereocenters. The summed E-state index contributed by atoms with van der Waals surface area (Å²) in [5.41, 5.74) is 6.11. The van der Waals surface area contributed by atoms with Gasteiger partial charge in [-0.15, -0.1) is 0 Å². The summed E-state index contributed by atoms with van der Waals surface area (Å²) >= 11 is 0. The Labute approximate surface area is 113 Å². The molecule has 5 nitrogen and oxygen atoms in total. The molecule has 0 spiro atoms. The zero-order valence-corrected chi connectivity index (χ0v) is 11.1. The lowest BCUT2D eigenvalue weighted by atomic mass is 10.2. The van der Waals surface area contributed by atoms with Gasteiger partial charge in [-0.1, -0.05) is 12.1 Å². The van der Waals surface area contributed by atoms with Crippen molar-refractivity contribution < 1.29 is 14.3 Å².